The molecule has 1 saturated heterocycles. The number of fused-ring (bicyclic) bond motifs is 1. The van der Waals surface area contributed by atoms with E-state index < -0.39 is 0 Å². The maximum Gasteiger partial charge on any atom is 0.162 e. The van der Waals surface area contributed by atoms with E-state index in [-0.39, 0.29) is 24.6 Å². The van der Waals surface area contributed by atoms with E-state index >= 15 is 0 Å². The first-order valence-electron chi connectivity index (χ1n) is 8.84. The number of ether oxygens (including phenoxy) is 1. The van der Waals surface area contributed by atoms with Crippen molar-refractivity contribution in [1.82, 2.24) is 9.97 Å². The zero-order chi connectivity index (χ0) is 17.4. The van der Waals surface area contributed by atoms with Gasteiger partial charge in [0.1, 0.15) is 5.82 Å². The average molecular weight is 369 g/mol. The van der Waals surface area contributed by atoms with Crippen LogP contribution in [0.1, 0.15) is 19.4 Å². The van der Waals surface area contributed by atoms with Crippen molar-refractivity contribution in [2.75, 3.05) is 18.0 Å². The molecule has 0 spiro atoms. The van der Waals surface area contributed by atoms with E-state index in [4.69, 9.17) is 14.7 Å². The Kier molecular flexibility index (Phi) is 5.44. The van der Waals surface area contributed by atoms with E-state index in [9.17, 15) is 0 Å². The Bertz CT molecular complexity index is 887. The highest BCUT2D eigenvalue weighted by Gasteiger charge is 2.25. The molecule has 0 N–H and O–H groups in total. The lowest BCUT2D eigenvalue weighted by Gasteiger charge is -2.36. The van der Waals surface area contributed by atoms with Gasteiger partial charge >= 0.3 is 0 Å². The predicted molar refractivity (Wildman–Crippen MR) is 102 cm³/mol. The molecule has 2 unspecified atom stereocenters. The third-order valence-electron chi connectivity index (χ3n) is 4.61. The third-order valence-corrected chi connectivity index (χ3v) is 4.61. The molecule has 2 heterocycles. The van der Waals surface area contributed by atoms with Crippen LogP contribution in [0.25, 0.3) is 22.3 Å². The summed E-state index contributed by atoms with van der Waals surface area (Å²) in [5.74, 6) is 1.78. The first kappa shape index (κ1) is 18.6. The number of aromatic nitrogens is 2. The van der Waals surface area contributed by atoms with Crippen LogP contribution in [0.4, 0.5) is 5.82 Å². The molecule has 136 valence electrons. The highest BCUT2D eigenvalue weighted by molar-refractivity contribution is 5.91. The fraction of sp³-hybridized carbons (Fsp3) is 0.333. The lowest BCUT2D eigenvalue weighted by Crippen LogP contribution is -3.00. The molecule has 1 aliphatic heterocycles. The number of para-hydroxylation sites is 1. The second-order valence-electron chi connectivity index (χ2n) is 6.92. The molecule has 26 heavy (non-hydrogen) atoms. The van der Waals surface area contributed by atoms with Crippen LogP contribution < -0.4 is 17.3 Å². The summed E-state index contributed by atoms with van der Waals surface area (Å²) in [6.07, 6.45) is 0.389. The first-order chi connectivity index (χ1) is 12.1. The molecule has 1 aliphatic rings. The van der Waals surface area contributed by atoms with Gasteiger partial charge in [-0.3, -0.25) is 0 Å². The van der Waals surface area contributed by atoms with Crippen molar-refractivity contribution in [2.45, 2.75) is 33.0 Å². The highest BCUT2D eigenvalue weighted by atomic mass is 35.5. The minimum Gasteiger partial charge on any atom is -1.00 e. The monoisotopic (exact) mass is 368 g/mol. The molecule has 3 aromatic rings. The zero-order valence-electron chi connectivity index (χ0n) is 15.3. The summed E-state index contributed by atoms with van der Waals surface area (Å²) >= 11 is 0. The Labute approximate surface area is 160 Å². The van der Waals surface area contributed by atoms with E-state index in [1.807, 2.05) is 12.1 Å². The number of nitrogens with zero attached hydrogens (tertiary/aromatic N) is 3. The van der Waals surface area contributed by atoms with Crippen molar-refractivity contribution in [3.8, 4) is 11.4 Å². The van der Waals surface area contributed by atoms with Gasteiger partial charge in [0.05, 0.1) is 17.7 Å². The van der Waals surface area contributed by atoms with E-state index in [1.165, 1.54) is 5.56 Å². The second kappa shape index (κ2) is 7.60. The number of benzene rings is 2. The van der Waals surface area contributed by atoms with Crippen LogP contribution >= 0.6 is 0 Å². The van der Waals surface area contributed by atoms with Crippen LogP contribution in [-0.2, 0) is 4.74 Å². The third kappa shape index (κ3) is 3.67. The van der Waals surface area contributed by atoms with Crippen LogP contribution in [-0.4, -0.2) is 35.3 Å². The summed E-state index contributed by atoms with van der Waals surface area (Å²) in [5.41, 5.74) is 3.27. The van der Waals surface area contributed by atoms with Gasteiger partial charge < -0.3 is 22.0 Å². The molecule has 0 saturated carbocycles. The van der Waals surface area contributed by atoms with Crippen molar-refractivity contribution in [3.63, 3.8) is 0 Å². The standard InChI is InChI=1S/C21H23N3O.ClH/c1-14-8-10-17(11-9-14)20-22-19-7-5-4-6-18(19)21(23-20)24-12-15(2)25-16(3)13-24;/h4-11,15-16H,12-13H2,1-3H3;1H/p-1. The molecule has 0 radical (unpaired) electrons. The highest BCUT2D eigenvalue weighted by Crippen LogP contribution is 2.29. The number of halogens is 1. The van der Waals surface area contributed by atoms with Crippen LogP contribution in [0.3, 0.4) is 0 Å². The summed E-state index contributed by atoms with van der Waals surface area (Å²) in [6.45, 7) is 8.02. The summed E-state index contributed by atoms with van der Waals surface area (Å²) in [6, 6.07) is 16.6. The van der Waals surface area contributed by atoms with E-state index in [0.29, 0.717) is 0 Å². The minimum absolute atomic E-state index is 0. The second-order valence-corrected chi connectivity index (χ2v) is 6.92. The topological polar surface area (TPSA) is 38.2 Å². The number of rotatable bonds is 2. The van der Waals surface area contributed by atoms with E-state index in [0.717, 1.165) is 41.2 Å². The van der Waals surface area contributed by atoms with Crippen molar-refractivity contribution in [1.29, 1.82) is 0 Å². The van der Waals surface area contributed by atoms with Gasteiger partial charge in [-0.15, -0.1) is 0 Å². The molecule has 1 aromatic heterocycles. The molecule has 1 fully saturated rings. The fourth-order valence-electron chi connectivity index (χ4n) is 3.48. The van der Waals surface area contributed by atoms with Crippen molar-refractivity contribution in [2.24, 2.45) is 0 Å². The fourth-order valence-corrected chi connectivity index (χ4v) is 3.48. The average Bonchev–Trinajstić information content (AvgIpc) is 2.60. The molecule has 0 bridgehead atoms. The van der Waals surface area contributed by atoms with Crippen LogP contribution in [0.5, 0.6) is 0 Å². The van der Waals surface area contributed by atoms with Crippen LogP contribution in [0, 0.1) is 6.92 Å². The molecule has 4 rings (SSSR count). The molecule has 0 aliphatic carbocycles. The smallest absolute Gasteiger partial charge is 0.162 e. The summed E-state index contributed by atoms with van der Waals surface area (Å²) in [4.78, 5) is 12.1. The molecule has 2 atom stereocenters. The zero-order valence-corrected chi connectivity index (χ0v) is 16.1. The first-order valence-corrected chi connectivity index (χ1v) is 8.84. The van der Waals surface area contributed by atoms with Gasteiger partial charge in [0, 0.05) is 24.0 Å². The Morgan fingerprint density at radius 1 is 0.923 bits per heavy atom. The Morgan fingerprint density at radius 3 is 2.27 bits per heavy atom. The van der Waals surface area contributed by atoms with Crippen LogP contribution in [0.2, 0.25) is 0 Å². The number of morpholine rings is 1. The van der Waals surface area contributed by atoms with Gasteiger partial charge in [-0.25, -0.2) is 9.97 Å². The lowest BCUT2D eigenvalue weighted by atomic mass is 10.1. The summed E-state index contributed by atoms with van der Waals surface area (Å²) in [5, 5.41) is 1.10. The van der Waals surface area contributed by atoms with Gasteiger partial charge in [-0.2, -0.15) is 0 Å². The van der Waals surface area contributed by atoms with Gasteiger partial charge in [0.2, 0.25) is 0 Å². The predicted octanol–water partition coefficient (Wildman–Crippen LogP) is 1.22. The largest absolute Gasteiger partial charge is 1.00 e. The maximum atomic E-state index is 5.89. The molecule has 2 aromatic carbocycles. The molecule has 4 nitrogen and oxygen atoms in total. The number of hydrogen-bond donors (Lipinski definition) is 0. The molecular formula is C21H23ClN3O-. The summed E-state index contributed by atoms with van der Waals surface area (Å²) in [7, 11) is 0. The number of hydrogen-bond acceptors (Lipinski definition) is 4. The number of anilines is 1. The maximum absolute atomic E-state index is 5.89. The van der Waals surface area contributed by atoms with Gasteiger partial charge in [-0.1, -0.05) is 42.0 Å². The Balaban J connectivity index is 0.00000196. The van der Waals surface area contributed by atoms with E-state index in [2.05, 4.69) is 62.1 Å². The van der Waals surface area contributed by atoms with Gasteiger partial charge in [0.25, 0.3) is 0 Å². The van der Waals surface area contributed by atoms with Crippen molar-refractivity contribution in [3.05, 3.63) is 54.1 Å². The Morgan fingerprint density at radius 2 is 1.58 bits per heavy atom. The quantitative estimate of drug-likeness (QED) is 0.682. The summed E-state index contributed by atoms with van der Waals surface area (Å²) < 4.78 is 5.89. The molecule has 0 amide bonds. The number of aryl methyl sites for hydroxylation is 1. The Hall–Kier alpha value is -2.17. The lowest BCUT2D eigenvalue weighted by molar-refractivity contribution is -0.00541. The SMILES string of the molecule is Cc1ccc(-c2nc(N3CC(C)OC(C)C3)c3ccccc3n2)cc1.[Cl-]. The van der Waals surface area contributed by atoms with E-state index in [1.54, 1.807) is 0 Å². The van der Waals surface area contributed by atoms with Gasteiger partial charge in [0.15, 0.2) is 5.82 Å². The van der Waals surface area contributed by atoms with Gasteiger partial charge in [-0.05, 0) is 32.9 Å². The van der Waals surface area contributed by atoms with Crippen molar-refractivity contribution >= 4 is 16.7 Å². The molecule has 5 heteroatoms. The molecular weight excluding hydrogens is 346 g/mol. The van der Waals surface area contributed by atoms with Crippen molar-refractivity contribution < 1.29 is 17.1 Å². The normalized spacial score (nSPS) is 20.0. The van der Waals surface area contributed by atoms with Crippen LogP contribution in [0.15, 0.2) is 48.5 Å². The minimum atomic E-state index is 0.